The van der Waals surface area contributed by atoms with Crippen molar-refractivity contribution in [3.63, 3.8) is 0 Å². The molecule has 2 unspecified atom stereocenters. The molecule has 0 spiro atoms. The average Bonchev–Trinajstić information content (AvgIpc) is 2.02. The molecule has 0 aliphatic rings. The number of rotatable bonds is 7. The highest BCUT2D eigenvalue weighted by molar-refractivity contribution is 4.58. The summed E-state index contributed by atoms with van der Waals surface area (Å²) in [6.07, 6.45) is 1.87. The third kappa shape index (κ3) is 8.26. The molecule has 0 rings (SSSR count). The number of aliphatic hydroxyl groups excluding tert-OH is 1. The van der Waals surface area contributed by atoms with Crippen LogP contribution in [0.2, 0.25) is 0 Å². The SMILES string of the molecule is CC(C)CCOCCC(C)C(C)O. The van der Waals surface area contributed by atoms with E-state index in [0.29, 0.717) is 11.8 Å². The fourth-order valence-corrected chi connectivity index (χ4v) is 0.932. The van der Waals surface area contributed by atoms with Crippen LogP contribution < -0.4 is 0 Å². The van der Waals surface area contributed by atoms with Crippen LogP contribution in [0.1, 0.15) is 40.5 Å². The molecule has 0 bridgehead atoms. The predicted octanol–water partition coefficient (Wildman–Crippen LogP) is 2.46. The minimum absolute atomic E-state index is 0.214. The first-order valence-electron chi connectivity index (χ1n) is 5.29. The molecule has 0 aliphatic heterocycles. The molecule has 0 aromatic heterocycles. The molecule has 2 atom stereocenters. The van der Waals surface area contributed by atoms with Crippen LogP contribution in [0, 0.1) is 11.8 Å². The smallest absolute Gasteiger partial charge is 0.0538 e. The van der Waals surface area contributed by atoms with Crippen LogP contribution in [-0.2, 0) is 4.74 Å². The van der Waals surface area contributed by atoms with Crippen molar-refractivity contribution in [1.82, 2.24) is 0 Å². The third-order valence-electron chi connectivity index (χ3n) is 2.38. The van der Waals surface area contributed by atoms with Crippen molar-refractivity contribution in [2.45, 2.75) is 46.6 Å². The van der Waals surface area contributed by atoms with Gasteiger partial charge in [-0.3, -0.25) is 0 Å². The van der Waals surface area contributed by atoms with E-state index in [0.717, 1.165) is 26.1 Å². The molecule has 0 saturated carbocycles. The summed E-state index contributed by atoms with van der Waals surface area (Å²) < 4.78 is 5.45. The summed E-state index contributed by atoms with van der Waals surface area (Å²) in [5.74, 6) is 1.06. The van der Waals surface area contributed by atoms with Crippen molar-refractivity contribution in [2.75, 3.05) is 13.2 Å². The Hall–Kier alpha value is -0.0800. The van der Waals surface area contributed by atoms with Gasteiger partial charge in [0, 0.05) is 13.2 Å². The topological polar surface area (TPSA) is 29.5 Å². The van der Waals surface area contributed by atoms with Gasteiger partial charge in [-0.05, 0) is 31.6 Å². The minimum Gasteiger partial charge on any atom is -0.393 e. The second kappa shape index (κ2) is 7.34. The van der Waals surface area contributed by atoms with Gasteiger partial charge in [0.1, 0.15) is 0 Å². The van der Waals surface area contributed by atoms with Gasteiger partial charge in [0.2, 0.25) is 0 Å². The lowest BCUT2D eigenvalue weighted by Gasteiger charge is -2.14. The zero-order valence-electron chi connectivity index (χ0n) is 9.42. The largest absolute Gasteiger partial charge is 0.393 e. The lowest BCUT2D eigenvalue weighted by atomic mass is 10.0. The highest BCUT2D eigenvalue weighted by Crippen LogP contribution is 2.07. The molecule has 2 heteroatoms. The van der Waals surface area contributed by atoms with E-state index in [-0.39, 0.29) is 6.10 Å². The number of ether oxygens (including phenoxy) is 1. The van der Waals surface area contributed by atoms with Crippen molar-refractivity contribution in [2.24, 2.45) is 11.8 Å². The molecule has 0 fully saturated rings. The maximum absolute atomic E-state index is 9.21. The van der Waals surface area contributed by atoms with Crippen LogP contribution >= 0.6 is 0 Å². The number of hydrogen-bond donors (Lipinski definition) is 1. The molecule has 0 aromatic carbocycles. The van der Waals surface area contributed by atoms with Crippen molar-refractivity contribution < 1.29 is 9.84 Å². The van der Waals surface area contributed by atoms with E-state index in [1.54, 1.807) is 0 Å². The van der Waals surface area contributed by atoms with Crippen LogP contribution in [0.15, 0.2) is 0 Å². The van der Waals surface area contributed by atoms with Crippen molar-refractivity contribution >= 4 is 0 Å². The van der Waals surface area contributed by atoms with E-state index in [1.165, 1.54) is 0 Å². The van der Waals surface area contributed by atoms with Gasteiger partial charge < -0.3 is 9.84 Å². The Balaban J connectivity index is 3.16. The minimum atomic E-state index is -0.214. The van der Waals surface area contributed by atoms with Crippen LogP contribution in [0.5, 0.6) is 0 Å². The lowest BCUT2D eigenvalue weighted by Crippen LogP contribution is -2.15. The number of aliphatic hydroxyl groups is 1. The predicted molar refractivity (Wildman–Crippen MR) is 55.7 cm³/mol. The third-order valence-corrected chi connectivity index (χ3v) is 2.38. The zero-order chi connectivity index (χ0) is 10.3. The molecule has 80 valence electrons. The Bertz CT molecular complexity index is 111. The molecule has 0 heterocycles. The van der Waals surface area contributed by atoms with Crippen LogP contribution in [-0.4, -0.2) is 24.4 Å². The molecule has 13 heavy (non-hydrogen) atoms. The van der Waals surface area contributed by atoms with Crippen molar-refractivity contribution in [1.29, 1.82) is 0 Å². The highest BCUT2D eigenvalue weighted by atomic mass is 16.5. The van der Waals surface area contributed by atoms with Gasteiger partial charge >= 0.3 is 0 Å². The Kier molecular flexibility index (Phi) is 7.29. The number of hydrogen-bond acceptors (Lipinski definition) is 2. The molecule has 0 aliphatic carbocycles. The van der Waals surface area contributed by atoms with E-state index >= 15 is 0 Å². The van der Waals surface area contributed by atoms with Crippen molar-refractivity contribution in [3.05, 3.63) is 0 Å². The van der Waals surface area contributed by atoms with Crippen LogP contribution in [0.3, 0.4) is 0 Å². The van der Waals surface area contributed by atoms with Gasteiger partial charge in [-0.15, -0.1) is 0 Å². The summed E-state index contributed by atoms with van der Waals surface area (Å²) in [6.45, 7) is 9.90. The Morgan fingerprint density at radius 1 is 1.00 bits per heavy atom. The molecule has 0 aromatic rings. The van der Waals surface area contributed by atoms with E-state index < -0.39 is 0 Å². The van der Waals surface area contributed by atoms with Gasteiger partial charge in [0.25, 0.3) is 0 Å². The maximum Gasteiger partial charge on any atom is 0.0538 e. The molecule has 2 nitrogen and oxygen atoms in total. The first-order chi connectivity index (χ1) is 6.04. The first kappa shape index (κ1) is 12.9. The Morgan fingerprint density at radius 3 is 2.00 bits per heavy atom. The first-order valence-corrected chi connectivity index (χ1v) is 5.29. The van der Waals surface area contributed by atoms with Gasteiger partial charge in [0.15, 0.2) is 0 Å². The zero-order valence-corrected chi connectivity index (χ0v) is 9.42. The van der Waals surface area contributed by atoms with Crippen LogP contribution in [0.25, 0.3) is 0 Å². The normalized spacial score (nSPS) is 16.2. The summed E-state index contributed by atoms with van der Waals surface area (Å²) in [5.41, 5.74) is 0. The average molecular weight is 188 g/mol. The monoisotopic (exact) mass is 188 g/mol. The van der Waals surface area contributed by atoms with Gasteiger partial charge in [0.05, 0.1) is 6.10 Å². The van der Waals surface area contributed by atoms with E-state index in [9.17, 15) is 5.11 Å². The molecule has 0 amide bonds. The van der Waals surface area contributed by atoms with Crippen molar-refractivity contribution in [3.8, 4) is 0 Å². The molecular weight excluding hydrogens is 164 g/mol. The second-order valence-corrected chi connectivity index (χ2v) is 4.30. The summed E-state index contributed by atoms with van der Waals surface area (Å²) in [6, 6.07) is 0. The summed E-state index contributed by atoms with van der Waals surface area (Å²) in [7, 11) is 0. The summed E-state index contributed by atoms with van der Waals surface area (Å²) >= 11 is 0. The van der Waals surface area contributed by atoms with E-state index in [4.69, 9.17) is 4.74 Å². The second-order valence-electron chi connectivity index (χ2n) is 4.30. The summed E-state index contributed by atoms with van der Waals surface area (Å²) in [4.78, 5) is 0. The lowest BCUT2D eigenvalue weighted by molar-refractivity contribution is 0.0770. The van der Waals surface area contributed by atoms with Gasteiger partial charge in [-0.1, -0.05) is 20.8 Å². The fourth-order valence-electron chi connectivity index (χ4n) is 0.932. The van der Waals surface area contributed by atoms with Crippen LogP contribution in [0.4, 0.5) is 0 Å². The quantitative estimate of drug-likeness (QED) is 0.622. The van der Waals surface area contributed by atoms with Gasteiger partial charge in [-0.2, -0.15) is 0 Å². The van der Waals surface area contributed by atoms with E-state index in [1.807, 2.05) is 6.92 Å². The standard InChI is InChI=1S/C11H24O2/c1-9(2)5-7-13-8-6-10(3)11(4)12/h9-12H,5-8H2,1-4H3. The molecular formula is C11H24O2. The highest BCUT2D eigenvalue weighted by Gasteiger charge is 2.07. The van der Waals surface area contributed by atoms with Gasteiger partial charge in [-0.25, -0.2) is 0 Å². The maximum atomic E-state index is 9.21. The Morgan fingerprint density at radius 2 is 1.54 bits per heavy atom. The molecule has 0 saturated heterocycles. The molecule has 0 radical (unpaired) electrons. The summed E-state index contributed by atoms with van der Waals surface area (Å²) in [5, 5.41) is 9.21. The van der Waals surface area contributed by atoms with E-state index in [2.05, 4.69) is 20.8 Å². The fraction of sp³-hybridized carbons (Fsp3) is 1.00. The molecule has 1 N–H and O–H groups in total. The Labute approximate surface area is 82.3 Å².